The van der Waals surface area contributed by atoms with Gasteiger partial charge in [0.25, 0.3) is 0 Å². The van der Waals surface area contributed by atoms with E-state index in [0.717, 1.165) is 28.9 Å². The number of benzene rings is 2. The molecule has 3 heteroatoms. The number of aromatic carboxylic acids is 1. The summed E-state index contributed by atoms with van der Waals surface area (Å²) in [5.41, 5.74) is 4.71. The molecular weight excluding hydrogens is 324 g/mol. The van der Waals surface area contributed by atoms with Gasteiger partial charge in [0.2, 0.25) is 0 Å². The Kier molecular flexibility index (Phi) is 4.43. The van der Waals surface area contributed by atoms with Gasteiger partial charge < -0.3 is 9.84 Å². The van der Waals surface area contributed by atoms with Crippen LogP contribution < -0.4 is 4.74 Å². The molecule has 136 valence electrons. The number of carboxylic acids is 1. The zero-order chi connectivity index (χ0) is 19.1. The predicted molar refractivity (Wildman–Crippen MR) is 106 cm³/mol. The second-order valence-corrected chi connectivity index (χ2v) is 8.39. The molecule has 3 rings (SSSR count). The van der Waals surface area contributed by atoms with E-state index in [4.69, 9.17) is 9.84 Å². The highest BCUT2D eigenvalue weighted by Crippen LogP contribution is 2.45. The van der Waals surface area contributed by atoms with Gasteiger partial charge in [0.1, 0.15) is 11.4 Å². The van der Waals surface area contributed by atoms with Gasteiger partial charge in [0.05, 0.1) is 5.56 Å². The molecule has 0 amide bonds. The van der Waals surface area contributed by atoms with E-state index in [2.05, 4.69) is 58.9 Å². The summed E-state index contributed by atoms with van der Waals surface area (Å²) in [5.74, 6) is 0.0608. The van der Waals surface area contributed by atoms with Gasteiger partial charge in [-0.1, -0.05) is 38.1 Å². The number of allylic oxidation sites excluding steroid dienone is 1. The molecule has 0 radical (unpaired) electrons. The second kappa shape index (κ2) is 6.31. The SMILES string of the molecule is C/C(=C/c1ccc(C(=O)O)cc1)c1ccc2c(c1)C(C)(C)CC(C)(C)O2. The highest BCUT2D eigenvalue weighted by atomic mass is 16.5. The van der Waals surface area contributed by atoms with E-state index in [-0.39, 0.29) is 11.0 Å². The minimum atomic E-state index is -0.905. The van der Waals surface area contributed by atoms with Crippen molar-refractivity contribution in [1.29, 1.82) is 0 Å². The maximum Gasteiger partial charge on any atom is 0.335 e. The third kappa shape index (κ3) is 3.67. The van der Waals surface area contributed by atoms with Crippen molar-refractivity contribution in [2.75, 3.05) is 0 Å². The van der Waals surface area contributed by atoms with E-state index in [1.54, 1.807) is 12.1 Å². The number of hydrogen-bond acceptors (Lipinski definition) is 2. The first-order valence-electron chi connectivity index (χ1n) is 8.93. The number of carboxylic acid groups (broad SMARTS) is 1. The van der Waals surface area contributed by atoms with E-state index < -0.39 is 5.97 Å². The largest absolute Gasteiger partial charge is 0.488 e. The van der Waals surface area contributed by atoms with Crippen molar-refractivity contribution in [3.05, 3.63) is 64.7 Å². The molecule has 1 aliphatic heterocycles. The molecule has 1 N–H and O–H groups in total. The van der Waals surface area contributed by atoms with Crippen molar-refractivity contribution in [1.82, 2.24) is 0 Å². The number of ether oxygens (including phenoxy) is 1. The Hall–Kier alpha value is -2.55. The van der Waals surface area contributed by atoms with Crippen molar-refractivity contribution in [3.63, 3.8) is 0 Å². The molecule has 3 nitrogen and oxygen atoms in total. The van der Waals surface area contributed by atoms with Crippen molar-refractivity contribution in [2.45, 2.75) is 52.1 Å². The highest BCUT2D eigenvalue weighted by molar-refractivity contribution is 5.88. The lowest BCUT2D eigenvalue weighted by atomic mass is 9.73. The molecule has 1 heterocycles. The van der Waals surface area contributed by atoms with Crippen molar-refractivity contribution < 1.29 is 14.6 Å². The van der Waals surface area contributed by atoms with Gasteiger partial charge in [-0.15, -0.1) is 0 Å². The highest BCUT2D eigenvalue weighted by Gasteiger charge is 2.38. The van der Waals surface area contributed by atoms with Gasteiger partial charge in [-0.25, -0.2) is 4.79 Å². The van der Waals surface area contributed by atoms with Gasteiger partial charge in [-0.2, -0.15) is 0 Å². The fourth-order valence-corrected chi connectivity index (χ4v) is 3.94. The average Bonchev–Trinajstić information content (AvgIpc) is 2.53. The minimum Gasteiger partial charge on any atom is -0.488 e. The van der Waals surface area contributed by atoms with Crippen LogP contribution in [-0.2, 0) is 5.41 Å². The summed E-state index contributed by atoms with van der Waals surface area (Å²) in [6, 6.07) is 13.3. The molecule has 0 unspecified atom stereocenters. The lowest BCUT2D eigenvalue weighted by Gasteiger charge is -2.42. The maximum absolute atomic E-state index is 11.0. The molecule has 0 saturated carbocycles. The molecule has 0 saturated heterocycles. The van der Waals surface area contributed by atoms with Crippen LogP contribution in [0, 0.1) is 0 Å². The smallest absolute Gasteiger partial charge is 0.335 e. The summed E-state index contributed by atoms with van der Waals surface area (Å²) in [7, 11) is 0. The normalized spacial score (nSPS) is 18.0. The van der Waals surface area contributed by atoms with E-state index >= 15 is 0 Å². The van der Waals surface area contributed by atoms with Crippen LogP contribution >= 0.6 is 0 Å². The molecule has 2 aromatic rings. The van der Waals surface area contributed by atoms with Crippen LogP contribution in [0.4, 0.5) is 0 Å². The van der Waals surface area contributed by atoms with Crippen molar-refractivity contribution >= 4 is 17.6 Å². The molecule has 0 atom stereocenters. The van der Waals surface area contributed by atoms with Crippen LogP contribution in [0.2, 0.25) is 0 Å². The first kappa shape index (κ1) is 18.2. The van der Waals surface area contributed by atoms with E-state index in [1.165, 1.54) is 5.56 Å². The Morgan fingerprint density at radius 2 is 1.65 bits per heavy atom. The number of hydrogen-bond donors (Lipinski definition) is 1. The average molecular weight is 350 g/mol. The summed E-state index contributed by atoms with van der Waals surface area (Å²) in [6.45, 7) is 10.9. The molecule has 0 fully saturated rings. The second-order valence-electron chi connectivity index (χ2n) is 8.39. The summed E-state index contributed by atoms with van der Waals surface area (Å²) in [4.78, 5) is 11.0. The molecular formula is C23H26O3. The predicted octanol–water partition coefficient (Wildman–Crippen LogP) is 5.78. The van der Waals surface area contributed by atoms with Crippen LogP contribution in [0.3, 0.4) is 0 Å². The zero-order valence-corrected chi connectivity index (χ0v) is 16.1. The molecule has 0 aliphatic carbocycles. The Balaban J connectivity index is 1.94. The lowest BCUT2D eigenvalue weighted by molar-refractivity contribution is 0.0534. The summed E-state index contributed by atoms with van der Waals surface area (Å²) < 4.78 is 6.17. The molecule has 2 aromatic carbocycles. The fourth-order valence-electron chi connectivity index (χ4n) is 3.94. The monoisotopic (exact) mass is 350 g/mol. The lowest BCUT2D eigenvalue weighted by Crippen LogP contribution is -2.41. The number of fused-ring (bicyclic) bond motifs is 1. The van der Waals surface area contributed by atoms with Gasteiger partial charge in [0.15, 0.2) is 0 Å². The first-order valence-corrected chi connectivity index (χ1v) is 8.93. The van der Waals surface area contributed by atoms with Crippen molar-refractivity contribution in [2.24, 2.45) is 0 Å². The molecule has 0 aromatic heterocycles. The molecule has 0 spiro atoms. The fraction of sp³-hybridized carbons (Fsp3) is 0.348. The van der Waals surface area contributed by atoms with Crippen LogP contribution in [0.1, 0.15) is 68.1 Å². The Bertz CT molecular complexity index is 871. The van der Waals surface area contributed by atoms with E-state index in [9.17, 15) is 4.79 Å². The number of carbonyl (C=O) groups is 1. The quantitative estimate of drug-likeness (QED) is 0.713. The zero-order valence-electron chi connectivity index (χ0n) is 16.1. The van der Waals surface area contributed by atoms with Gasteiger partial charge in [0, 0.05) is 5.56 Å². The minimum absolute atomic E-state index is 0.0521. The Labute approximate surface area is 155 Å². The Morgan fingerprint density at radius 3 is 2.27 bits per heavy atom. The van der Waals surface area contributed by atoms with Gasteiger partial charge >= 0.3 is 5.97 Å². The van der Waals surface area contributed by atoms with E-state index in [0.29, 0.717) is 5.56 Å². The first-order chi connectivity index (χ1) is 12.1. The topological polar surface area (TPSA) is 46.5 Å². The van der Waals surface area contributed by atoms with Crippen LogP contribution in [0.15, 0.2) is 42.5 Å². The van der Waals surface area contributed by atoms with Crippen LogP contribution in [0.25, 0.3) is 11.6 Å². The summed E-state index contributed by atoms with van der Waals surface area (Å²) >= 11 is 0. The van der Waals surface area contributed by atoms with Gasteiger partial charge in [-0.3, -0.25) is 0 Å². The van der Waals surface area contributed by atoms with Crippen molar-refractivity contribution in [3.8, 4) is 5.75 Å². The summed E-state index contributed by atoms with van der Waals surface area (Å²) in [5, 5.41) is 9.01. The maximum atomic E-state index is 11.0. The van der Waals surface area contributed by atoms with E-state index in [1.807, 2.05) is 12.1 Å². The molecule has 26 heavy (non-hydrogen) atoms. The Morgan fingerprint density at radius 1 is 1.04 bits per heavy atom. The number of rotatable bonds is 3. The third-order valence-corrected chi connectivity index (χ3v) is 4.96. The van der Waals surface area contributed by atoms with Gasteiger partial charge in [-0.05, 0) is 73.6 Å². The summed E-state index contributed by atoms with van der Waals surface area (Å²) in [6.07, 6.45) is 3.05. The third-order valence-electron chi connectivity index (χ3n) is 4.96. The van der Waals surface area contributed by atoms with Crippen LogP contribution in [-0.4, -0.2) is 16.7 Å². The van der Waals surface area contributed by atoms with Crippen LogP contribution in [0.5, 0.6) is 5.75 Å². The molecule has 1 aliphatic rings. The molecule has 0 bridgehead atoms. The standard InChI is InChI=1S/C23H26O3/c1-15(12-16-6-8-17(9-7-16)21(24)25)18-10-11-20-19(13-18)22(2,3)14-23(4,5)26-20/h6-13H,14H2,1-5H3,(H,24,25)/b15-12-.